The second kappa shape index (κ2) is 18.9. The standard InChI is InChI=1S/C40H43F4N7O8/c41-25-13-15-26(16-14-25)47-39(46)51-32-34(55)33(54)30(19-53)58-37(32)59-35-28(49-38(45)48-27-8-4-7-24(17-27)40(42,43)44)20-57-29(18-52)31(35)50-36(56)23-11-9-22(10-12-23)21-5-2-1-3-6-21/h1-17,28-35,37,52-55H,18-20H2,(H,50,56)(H3,45,48,49)(H3,46,47,51)/t28-,29+,30+,31-,32+,33+,34+,35+,37-/m0/s1. The molecule has 0 aliphatic carbocycles. The Kier molecular flexibility index (Phi) is 13.8. The van der Waals surface area contributed by atoms with Crippen LogP contribution >= 0.6 is 0 Å². The van der Waals surface area contributed by atoms with Gasteiger partial charge in [-0.25, -0.2) is 14.4 Å². The number of aliphatic imine (C=N–C) groups is 2. The summed E-state index contributed by atoms with van der Waals surface area (Å²) in [7, 11) is 0. The van der Waals surface area contributed by atoms with Crippen molar-refractivity contribution >= 4 is 29.2 Å². The van der Waals surface area contributed by atoms with Gasteiger partial charge in [-0.15, -0.1) is 0 Å². The first kappa shape index (κ1) is 42.9. The molecule has 2 heterocycles. The fraction of sp³-hybridized carbons (Fsp3) is 0.325. The van der Waals surface area contributed by atoms with Crippen LogP contribution in [-0.2, 0) is 20.4 Å². The quantitative estimate of drug-likeness (QED) is 0.0603. The minimum atomic E-state index is -4.64. The maximum Gasteiger partial charge on any atom is 0.416 e. The van der Waals surface area contributed by atoms with E-state index in [-0.39, 0.29) is 29.8 Å². The molecule has 314 valence electrons. The maximum absolute atomic E-state index is 13.9. The van der Waals surface area contributed by atoms with E-state index in [1.807, 2.05) is 30.3 Å². The minimum absolute atomic E-state index is 0.0515. The summed E-state index contributed by atoms with van der Waals surface area (Å²) < 4.78 is 72.2. The van der Waals surface area contributed by atoms with Crippen LogP contribution < -0.4 is 27.4 Å². The molecule has 59 heavy (non-hydrogen) atoms. The lowest BCUT2D eigenvalue weighted by atomic mass is 9.93. The molecule has 0 saturated carbocycles. The summed E-state index contributed by atoms with van der Waals surface area (Å²) >= 11 is 0. The molecular formula is C40H43F4N7O8. The molecule has 9 atom stereocenters. The zero-order valence-corrected chi connectivity index (χ0v) is 31.1. The Balaban J connectivity index is 1.34. The average Bonchev–Trinajstić information content (AvgIpc) is 3.22. The number of nitrogens with two attached hydrogens (primary N) is 2. The first-order valence-electron chi connectivity index (χ1n) is 18.3. The molecule has 2 aliphatic rings. The third kappa shape index (κ3) is 10.7. The Morgan fingerprint density at radius 1 is 0.797 bits per heavy atom. The molecule has 19 heteroatoms. The van der Waals surface area contributed by atoms with E-state index in [9.17, 15) is 42.8 Å². The van der Waals surface area contributed by atoms with Gasteiger partial charge in [-0.3, -0.25) is 4.79 Å². The number of rotatable bonds is 11. The maximum atomic E-state index is 13.9. The fourth-order valence-corrected chi connectivity index (χ4v) is 6.66. The highest BCUT2D eigenvalue weighted by molar-refractivity contribution is 5.95. The smallest absolute Gasteiger partial charge is 0.394 e. The van der Waals surface area contributed by atoms with Crippen LogP contribution in [0.5, 0.6) is 0 Å². The van der Waals surface area contributed by atoms with Crippen LogP contribution in [0.2, 0.25) is 0 Å². The summed E-state index contributed by atoms with van der Waals surface area (Å²) in [5, 5.41) is 50.8. The zero-order valence-electron chi connectivity index (χ0n) is 31.1. The molecule has 1 amide bonds. The predicted molar refractivity (Wildman–Crippen MR) is 209 cm³/mol. The van der Waals surface area contributed by atoms with E-state index < -0.39 is 91.6 Å². The zero-order chi connectivity index (χ0) is 42.3. The van der Waals surface area contributed by atoms with Crippen molar-refractivity contribution in [3.05, 3.63) is 120 Å². The van der Waals surface area contributed by atoms with Crippen molar-refractivity contribution < 1.29 is 57.0 Å². The normalized spacial score (nSPS) is 26.5. The lowest BCUT2D eigenvalue weighted by molar-refractivity contribution is -0.289. The molecular weight excluding hydrogens is 782 g/mol. The molecule has 2 aliphatic heterocycles. The number of hydrogen-bond acceptors (Lipinski definition) is 10. The topological polar surface area (TPSA) is 239 Å². The Hall–Kier alpha value is -5.67. The van der Waals surface area contributed by atoms with E-state index in [1.165, 1.54) is 36.4 Å². The Morgan fingerprint density at radius 3 is 2.10 bits per heavy atom. The molecule has 4 aromatic rings. The van der Waals surface area contributed by atoms with Crippen LogP contribution in [0.3, 0.4) is 0 Å². The van der Waals surface area contributed by atoms with E-state index in [4.69, 9.17) is 25.7 Å². The second-order valence-electron chi connectivity index (χ2n) is 13.7. The van der Waals surface area contributed by atoms with Gasteiger partial charge < -0.3 is 62.1 Å². The van der Waals surface area contributed by atoms with Gasteiger partial charge >= 0.3 is 6.18 Å². The van der Waals surface area contributed by atoms with Crippen LogP contribution in [-0.4, -0.2) is 113 Å². The van der Waals surface area contributed by atoms with Crippen LogP contribution in [0.1, 0.15) is 15.9 Å². The highest BCUT2D eigenvalue weighted by atomic mass is 19.4. The first-order valence-corrected chi connectivity index (χ1v) is 18.3. The van der Waals surface area contributed by atoms with Crippen molar-refractivity contribution in [2.24, 2.45) is 21.5 Å². The van der Waals surface area contributed by atoms with Crippen molar-refractivity contribution in [2.75, 3.05) is 30.5 Å². The minimum Gasteiger partial charge on any atom is -0.394 e. The molecule has 0 radical (unpaired) electrons. The summed E-state index contributed by atoms with van der Waals surface area (Å²) in [5.41, 5.74) is 13.7. The molecule has 6 rings (SSSR count). The van der Waals surface area contributed by atoms with E-state index in [1.54, 1.807) is 24.3 Å². The van der Waals surface area contributed by atoms with Crippen LogP contribution in [0, 0.1) is 5.82 Å². The molecule has 4 aromatic carbocycles. The number of hydrogen-bond donors (Lipinski definition) is 9. The summed E-state index contributed by atoms with van der Waals surface area (Å²) in [6, 6.07) is 21.4. The van der Waals surface area contributed by atoms with Gasteiger partial charge in [0.1, 0.15) is 48.4 Å². The van der Waals surface area contributed by atoms with Crippen molar-refractivity contribution in [3.8, 4) is 11.1 Å². The monoisotopic (exact) mass is 825 g/mol. The Morgan fingerprint density at radius 2 is 1.44 bits per heavy atom. The number of amides is 1. The Labute approximate surface area is 335 Å². The van der Waals surface area contributed by atoms with Gasteiger partial charge in [0.15, 0.2) is 18.2 Å². The third-order valence-electron chi connectivity index (χ3n) is 9.66. The third-order valence-corrected chi connectivity index (χ3v) is 9.66. The molecule has 0 aromatic heterocycles. The number of carbonyl (C=O) groups is 1. The molecule has 0 spiro atoms. The number of aliphatic hydroxyl groups is 4. The number of guanidine groups is 2. The van der Waals surface area contributed by atoms with Crippen molar-refractivity contribution in [2.45, 2.75) is 61.1 Å². The highest BCUT2D eigenvalue weighted by Gasteiger charge is 2.50. The van der Waals surface area contributed by atoms with Gasteiger partial charge in [-0.1, -0.05) is 48.5 Å². The number of anilines is 2. The van der Waals surface area contributed by atoms with Crippen LogP contribution in [0.15, 0.2) is 113 Å². The molecule has 0 bridgehead atoms. The molecule has 0 unspecified atom stereocenters. The van der Waals surface area contributed by atoms with E-state index >= 15 is 0 Å². The molecule has 15 nitrogen and oxygen atoms in total. The first-order chi connectivity index (χ1) is 28.2. The van der Waals surface area contributed by atoms with Crippen molar-refractivity contribution in [3.63, 3.8) is 0 Å². The number of aliphatic hydroxyl groups excluding tert-OH is 4. The van der Waals surface area contributed by atoms with Gasteiger partial charge in [0.25, 0.3) is 5.91 Å². The number of halogens is 4. The van der Waals surface area contributed by atoms with Gasteiger partial charge in [0.05, 0.1) is 31.4 Å². The largest absolute Gasteiger partial charge is 0.416 e. The summed E-state index contributed by atoms with van der Waals surface area (Å²) in [6.07, 6.45) is -13.7. The number of benzene rings is 4. The highest BCUT2D eigenvalue weighted by Crippen LogP contribution is 2.32. The van der Waals surface area contributed by atoms with E-state index in [0.717, 1.165) is 23.3 Å². The lowest BCUT2D eigenvalue weighted by Crippen LogP contribution is -2.65. The summed E-state index contributed by atoms with van der Waals surface area (Å²) in [6.45, 7) is -1.74. The second-order valence-corrected chi connectivity index (χ2v) is 13.7. The van der Waals surface area contributed by atoms with Crippen LogP contribution in [0.25, 0.3) is 11.1 Å². The summed E-state index contributed by atoms with van der Waals surface area (Å²) in [5.74, 6) is -1.84. The number of alkyl halides is 3. The van der Waals surface area contributed by atoms with Crippen molar-refractivity contribution in [1.29, 1.82) is 0 Å². The molecule has 11 N–H and O–H groups in total. The lowest BCUT2D eigenvalue weighted by Gasteiger charge is -2.46. The molecule has 2 saturated heterocycles. The molecule has 2 fully saturated rings. The van der Waals surface area contributed by atoms with Crippen LogP contribution in [0.4, 0.5) is 28.9 Å². The fourth-order valence-electron chi connectivity index (χ4n) is 6.66. The average molecular weight is 826 g/mol. The van der Waals surface area contributed by atoms with Gasteiger partial charge in [0, 0.05) is 16.9 Å². The van der Waals surface area contributed by atoms with E-state index in [0.29, 0.717) is 5.69 Å². The number of nitrogens with zero attached hydrogens (tertiary/aromatic N) is 2. The Bertz CT molecular complexity index is 2080. The SMILES string of the molecule is NC(=N[C@H]1[C@H](O[C@H]2[C@@H](NC(=O)c3ccc(-c4ccccc4)cc3)[C@@H](CO)OC[C@@H]2N=C(N)Nc2cccc(C(F)(F)F)c2)O[C@H](CO)[C@@H](O)[C@@H]1O)Nc1ccc(F)cc1. The van der Waals surface area contributed by atoms with Gasteiger partial charge in [-0.05, 0) is 65.7 Å². The number of ether oxygens (including phenoxy) is 3. The van der Waals surface area contributed by atoms with E-state index in [2.05, 4.69) is 25.9 Å². The van der Waals surface area contributed by atoms with Gasteiger partial charge in [-0.2, -0.15) is 13.2 Å². The number of nitrogens with one attached hydrogen (secondary N) is 3. The summed E-state index contributed by atoms with van der Waals surface area (Å²) in [4.78, 5) is 22.6. The number of carbonyl (C=O) groups excluding carboxylic acids is 1. The predicted octanol–water partition coefficient (Wildman–Crippen LogP) is 2.42. The van der Waals surface area contributed by atoms with Crippen molar-refractivity contribution in [1.82, 2.24) is 5.32 Å². The van der Waals surface area contributed by atoms with Gasteiger partial charge in [0.2, 0.25) is 0 Å².